The first-order chi connectivity index (χ1) is 5.72. The molecule has 0 spiro atoms. The number of hydrogen-bond donors (Lipinski definition) is 1. The molecule has 0 aromatic heterocycles. The van der Waals surface area contributed by atoms with E-state index in [2.05, 4.69) is 0 Å². The number of esters is 1. The lowest BCUT2D eigenvalue weighted by Crippen LogP contribution is -2.33. The summed E-state index contributed by atoms with van der Waals surface area (Å²) in [6, 6.07) is -0.545. The Morgan fingerprint density at radius 3 is 2.58 bits per heavy atom. The Morgan fingerprint density at radius 2 is 2.08 bits per heavy atom. The average molecular weight is 175 g/mol. The van der Waals surface area contributed by atoms with Crippen LogP contribution in [0.25, 0.3) is 0 Å². The molecule has 0 aromatic carbocycles. The van der Waals surface area contributed by atoms with Crippen molar-refractivity contribution in [2.24, 2.45) is 5.73 Å². The van der Waals surface area contributed by atoms with E-state index in [1.54, 1.807) is 6.92 Å². The largest absolute Gasteiger partial charge is 0.465 e. The number of nitrogens with two attached hydrogens (primary N) is 1. The highest BCUT2D eigenvalue weighted by molar-refractivity contribution is 5.75. The van der Waals surface area contributed by atoms with Crippen molar-refractivity contribution in [1.82, 2.24) is 0 Å². The van der Waals surface area contributed by atoms with E-state index in [4.69, 9.17) is 15.2 Å². The molecular formula is C8H17NO3. The monoisotopic (exact) mass is 175 g/mol. The number of hydrogen-bond acceptors (Lipinski definition) is 4. The number of rotatable bonds is 6. The molecule has 0 bridgehead atoms. The van der Waals surface area contributed by atoms with Gasteiger partial charge in [0.15, 0.2) is 0 Å². The van der Waals surface area contributed by atoms with Gasteiger partial charge in [-0.1, -0.05) is 0 Å². The van der Waals surface area contributed by atoms with E-state index >= 15 is 0 Å². The van der Waals surface area contributed by atoms with Crippen LogP contribution < -0.4 is 5.73 Å². The zero-order valence-corrected chi connectivity index (χ0v) is 7.71. The fourth-order valence-electron chi connectivity index (χ4n) is 0.722. The first-order valence-corrected chi connectivity index (χ1v) is 4.22. The number of carbonyl (C=O) groups excluding carboxylic acids is 1. The Morgan fingerprint density at radius 1 is 1.42 bits per heavy atom. The second-order valence-electron chi connectivity index (χ2n) is 2.34. The molecule has 12 heavy (non-hydrogen) atoms. The van der Waals surface area contributed by atoms with Crippen molar-refractivity contribution in [3.8, 4) is 0 Å². The van der Waals surface area contributed by atoms with Gasteiger partial charge in [0.1, 0.15) is 6.04 Å². The van der Waals surface area contributed by atoms with E-state index in [-0.39, 0.29) is 5.97 Å². The molecule has 0 aliphatic rings. The summed E-state index contributed by atoms with van der Waals surface area (Å²) in [5.41, 5.74) is 5.49. The van der Waals surface area contributed by atoms with Crippen LogP contribution in [0.15, 0.2) is 0 Å². The maximum atomic E-state index is 10.9. The molecule has 2 N–H and O–H groups in total. The van der Waals surface area contributed by atoms with Crippen molar-refractivity contribution >= 4 is 5.97 Å². The van der Waals surface area contributed by atoms with Crippen molar-refractivity contribution < 1.29 is 14.3 Å². The van der Waals surface area contributed by atoms with Crippen molar-refractivity contribution in [1.29, 1.82) is 0 Å². The van der Waals surface area contributed by atoms with E-state index in [1.807, 2.05) is 6.92 Å². The summed E-state index contributed by atoms with van der Waals surface area (Å²) in [5, 5.41) is 0. The van der Waals surface area contributed by atoms with Gasteiger partial charge < -0.3 is 15.2 Å². The van der Waals surface area contributed by atoms with Gasteiger partial charge in [-0.15, -0.1) is 0 Å². The van der Waals surface area contributed by atoms with Gasteiger partial charge in [0.05, 0.1) is 6.61 Å². The molecule has 0 saturated carbocycles. The minimum Gasteiger partial charge on any atom is -0.465 e. The smallest absolute Gasteiger partial charge is 0.322 e. The van der Waals surface area contributed by atoms with E-state index in [0.29, 0.717) is 26.2 Å². The van der Waals surface area contributed by atoms with Crippen LogP contribution in [0.2, 0.25) is 0 Å². The average Bonchev–Trinajstić information content (AvgIpc) is 2.05. The molecule has 1 unspecified atom stereocenters. The number of ether oxygens (including phenoxy) is 2. The van der Waals surface area contributed by atoms with Gasteiger partial charge in [-0.05, 0) is 20.3 Å². The summed E-state index contributed by atoms with van der Waals surface area (Å²) in [7, 11) is 0. The molecule has 72 valence electrons. The molecule has 0 saturated heterocycles. The first-order valence-electron chi connectivity index (χ1n) is 4.22. The third kappa shape index (κ3) is 5.09. The van der Waals surface area contributed by atoms with Crippen LogP contribution in [-0.2, 0) is 14.3 Å². The maximum Gasteiger partial charge on any atom is 0.322 e. The highest BCUT2D eigenvalue weighted by Crippen LogP contribution is 1.92. The molecule has 0 aromatic rings. The van der Waals surface area contributed by atoms with Crippen LogP contribution in [0.1, 0.15) is 20.3 Å². The molecule has 0 rings (SSSR count). The van der Waals surface area contributed by atoms with Gasteiger partial charge in [0, 0.05) is 13.2 Å². The molecule has 0 aliphatic heterocycles. The van der Waals surface area contributed by atoms with Gasteiger partial charge >= 0.3 is 5.97 Å². The standard InChI is InChI=1S/C8H17NO3/c1-3-11-6-5-7(9)8(10)12-4-2/h7H,3-6,9H2,1-2H3. The van der Waals surface area contributed by atoms with E-state index in [1.165, 1.54) is 0 Å². The minimum atomic E-state index is -0.545. The van der Waals surface area contributed by atoms with Gasteiger partial charge in [0.25, 0.3) is 0 Å². The quantitative estimate of drug-likeness (QED) is 0.466. The molecular weight excluding hydrogens is 158 g/mol. The summed E-state index contributed by atoms with van der Waals surface area (Å²) < 4.78 is 9.76. The Kier molecular flexibility index (Phi) is 6.70. The summed E-state index contributed by atoms with van der Waals surface area (Å²) in [5.74, 6) is -0.350. The molecule has 0 fully saturated rings. The Bertz CT molecular complexity index is 127. The van der Waals surface area contributed by atoms with E-state index in [0.717, 1.165) is 0 Å². The van der Waals surface area contributed by atoms with Crippen LogP contribution in [0.5, 0.6) is 0 Å². The normalized spacial score (nSPS) is 12.6. The molecule has 0 heterocycles. The Labute approximate surface area is 73.0 Å². The van der Waals surface area contributed by atoms with Crippen molar-refractivity contribution in [3.05, 3.63) is 0 Å². The van der Waals surface area contributed by atoms with Crippen molar-refractivity contribution in [2.45, 2.75) is 26.3 Å². The fraction of sp³-hybridized carbons (Fsp3) is 0.875. The topological polar surface area (TPSA) is 61.5 Å². The minimum absolute atomic E-state index is 0.350. The van der Waals surface area contributed by atoms with Crippen LogP contribution in [0.3, 0.4) is 0 Å². The predicted octanol–water partition coefficient (Wildman–Crippen LogP) is 0.303. The third-order valence-corrected chi connectivity index (χ3v) is 1.37. The fourth-order valence-corrected chi connectivity index (χ4v) is 0.722. The van der Waals surface area contributed by atoms with Gasteiger partial charge in [-0.25, -0.2) is 0 Å². The molecule has 1 atom stereocenters. The number of carbonyl (C=O) groups is 1. The second kappa shape index (κ2) is 7.06. The van der Waals surface area contributed by atoms with Gasteiger partial charge in [-0.3, -0.25) is 4.79 Å². The summed E-state index contributed by atoms with van der Waals surface area (Å²) in [6.45, 7) is 5.19. The van der Waals surface area contributed by atoms with Crippen LogP contribution >= 0.6 is 0 Å². The predicted molar refractivity (Wildman–Crippen MR) is 45.7 cm³/mol. The second-order valence-corrected chi connectivity index (χ2v) is 2.34. The van der Waals surface area contributed by atoms with Crippen LogP contribution in [0.4, 0.5) is 0 Å². The highest BCUT2D eigenvalue weighted by atomic mass is 16.5. The molecule has 4 heteroatoms. The molecule has 0 aliphatic carbocycles. The maximum absolute atomic E-state index is 10.9. The SMILES string of the molecule is CCOCCC(N)C(=O)OCC. The third-order valence-electron chi connectivity index (χ3n) is 1.37. The summed E-state index contributed by atoms with van der Waals surface area (Å²) >= 11 is 0. The zero-order valence-electron chi connectivity index (χ0n) is 7.71. The Hall–Kier alpha value is -0.610. The van der Waals surface area contributed by atoms with Crippen molar-refractivity contribution in [3.63, 3.8) is 0 Å². The van der Waals surface area contributed by atoms with Gasteiger partial charge in [0.2, 0.25) is 0 Å². The van der Waals surface area contributed by atoms with E-state index in [9.17, 15) is 4.79 Å². The first kappa shape index (κ1) is 11.4. The Balaban J connectivity index is 3.42. The lowest BCUT2D eigenvalue weighted by atomic mass is 10.2. The highest BCUT2D eigenvalue weighted by Gasteiger charge is 2.13. The van der Waals surface area contributed by atoms with Crippen LogP contribution in [-0.4, -0.2) is 31.8 Å². The molecule has 4 nitrogen and oxygen atoms in total. The lowest BCUT2D eigenvalue weighted by molar-refractivity contribution is -0.145. The summed E-state index contributed by atoms with van der Waals surface area (Å²) in [4.78, 5) is 10.9. The van der Waals surface area contributed by atoms with E-state index < -0.39 is 6.04 Å². The molecule has 0 radical (unpaired) electrons. The molecule has 0 amide bonds. The lowest BCUT2D eigenvalue weighted by Gasteiger charge is -2.09. The summed E-state index contributed by atoms with van der Waals surface area (Å²) in [6.07, 6.45) is 0.521. The zero-order chi connectivity index (χ0) is 9.40. The van der Waals surface area contributed by atoms with Crippen molar-refractivity contribution in [2.75, 3.05) is 19.8 Å². The van der Waals surface area contributed by atoms with Crippen LogP contribution in [0, 0.1) is 0 Å². The van der Waals surface area contributed by atoms with Gasteiger partial charge in [-0.2, -0.15) is 0 Å².